The van der Waals surface area contributed by atoms with Gasteiger partial charge in [0, 0.05) is 0 Å². The summed E-state index contributed by atoms with van der Waals surface area (Å²) in [5.41, 5.74) is 6.91. The highest BCUT2D eigenvalue weighted by atomic mass is 35.5. The van der Waals surface area contributed by atoms with Gasteiger partial charge in [-0.25, -0.2) is 0 Å². The zero-order valence-corrected chi connectivity index (χ0v) is 11.2. The molecule has 18 heavy (non-hydrogen) atoms. The Labute approximate surface area is 114 Å². The molecule has 0 aromatic heterocycles. The second kappa shape index (κ2) is 6.21. The number of halogens is 1. The first-order valence-electron chi connectivity index (χ1n) is 6.09. The Balaban J connectivity index is 0.00000162. The molecule has 1 aromatic carbocycles. The molecule has 0 saturated heterocycles. The first-order chi connectivity index (χ1) is 8.13. The molecule has 0 bridgehead atoms. The summed E-state index contributed by atoms with van der Waals surface area (Å²) in [5, 5.41) is 8.87. The second-order valence-electron chi connectivity index (χ2n) is 5.24. The predicted molar refractivity (Wildman–Crippen MR) is 73.9 cm³/mol. The first-order valence-corrected chi connectivity index (χ1v) is 6.09. The predicted octanol–water partition coefficient (Wildman–Crippen LogP) is 2.48. The fourth-order valence-electron chi connectivity index (χ4n) is 2.96. The van der Waals surface area contributed by atoms with Crippen LogP contribution in [0.2, 0.25) is 0 Å². The number of carboxylic acid groups (broad SMARTS) is 1. The van der Waals surface area contributed by atoms with Crippen LogP contribution in [0.3, 0.4) is 0 Å². The Kier molecular flexibility index (Phi) is 5.17. The minimum absolute atomic E-state index is 0. The lowest BCUT2D eigenvalue weighted by atomic mass is 9.59. The number of benzene rings is 1. The summed E-state index contributed by atoms with van der Waals surface area (Å²) < 4.78 is 0. The molecular formula is C14H20ClNO2. The topological polar surface area (TPSA) is 63.3 Å². The van der Waals surface area contributed by atoms with Gasteiger partial charge in [-0.15, -0.1) is 12.4 Å². The molecule has 2 rings (SSSR count). The smallest absolute Gasteiger partial charge is 0.303 e. The maximum Gasteiger partial charge on any atom is 0.303 e. The molecule has 1 aliphatic carbocycles. The molecule has 0 amide bonds. The van der Waals surface area contributed by atoms with Crippen LogP contribution in [-0.2, 0) is 11.2 Å². The number of rotatable bonds is 5. The third kappa shape index (κ3) is 3.47. The average molecular weight is 270 g/mol. The summed E-state index contributed by atoms with van der Waals surface area (Å²) in [7, 11) is 0. The highest BCUT2D eigenvalue weighted by Crippen LogP contribution is 2.48. The molecule has 0 spiro atoms. The van der Waals surface area contributed by atoms with Gasteiger partial charge in [0.2, 0.25) is 0 Å². The second-order valence-corrected chi connectivity index (χ2v) is 5.24. The monoisotopic (exact) mass is 269 g/mol. The van der Waals surface area contributed by atoms with Crippen LogP contribution in [0.4, 0.5) is 0 Å². The molecule has 3 nitrogen and oxygen atoms in total. The number of hydrogen-bond donors (Lipinski definition) is 2. The van der Waals surface area contributed by atoms with E-state index >= 15 is 0 Å². The van der Waals surface area contributed by atoms with Gasteiger partial charge in [-0.1, -0.05) is 30.3 Å². The highest BCUT2D eigenvalue weighted by molar-refractivity contribution is 5.85. The van der Waals surface area contributed by atoms with Crippen LogP contribution in [0.5, 0.6) is 0 Å². The van der Waals surface area contributed by atoms with Crippen LogP contribution in [0.1, 0.15) is 24.8 Å². The van der Waals surface area contributed by atoms with Crippen molar-refractivity contribution in [3.8, 4) is 0 Å². The normalized spacial score (nSPS) is 25.9. The van der Waals surface area contributed by atoms with Crippen LogP contribution < -0.4 is 5.73 Å². The van der Waals surface area contributed by atoms with Crippen LogP contribution in [0, 0.1) is 11.3 Å². The van der Waals surface area contributed by atoms with E-state index in [9.17, 15) is 4.79 Å². The zero-order chi connectivity index (χ0) is 12.3. The van der Waals surface area contributed by atoms with Gasteiger partial charge in [-0.3, -0.25) is 4.79 Å². The van der Waals surface area contributed by atoms with Crippen molar-refractivity contribution < 1.29 is 9.90 Å². The van der Waals surface area contributed by atoms with E-state index in [1.54, 1.807) is 0 Å². The minimum Gasteiger partial charge on any atom is -0.481 e. The molecular weight excluding hydrogens is 250 g/mol. The largest absolute Gasteiger partial charge is 0.481 e. The van der Waals surface area contributed by atoms with E-state index in [0.717, 1.165) is 19.3 Å². The fourth-order valence-corrected chi connectivity index (χ4v) is 2.96. The highest BCUT2D eigenvalue weighted by Gasteiger charge is 2.44. The van der Waals surface area contributed by atoms with Crippen molar-refractivity contribution in [2.24, 2.45) is 17.1 Å². The summed E-state index contributed by atoms with van der Waals surface area (Å²) >= 11 is 0. The molecule has 1 fully saturated rings. The number of carboxylic acids is 1. The van der Waals surface area contributed by atoms with Crippen LogP contribution >= 0.6 is 12.4 Å². The molecule has 0 aliphatic heterocycles. The fraction of sp³-hybridized carbons (Fsp3) is 0.500. The Hall–Kier alpha value is -1.06. The Morgan fingerprint density at radius 2 is 1.94 bits per heavy atom. The van der Waals surface area contributed by atoms with Crippen molar-refractivity contribution in [3.05, 3.63) is 35.9 Å². The number of nitrogens with two attached hydrogens (primary N) is 1. The van der Waals surface area contributed by atoms with Crippen molar-refractivity contribution in [1.29, 1.82) is 0 Å². The third-order valence-electron chi connectivity index (χ3n) is 3.77. The Morgan fingerprint density at radius 3 is 2.44 bits per heavy atom. The van der Waals surface area contributed by atoms with E-state index in [0.29, 0.717) is 12.5 Å². The van der Waals surface area contributed by atoms with Gasteiger partial charge >= 0.3 is 5.97 Å². The van der Waals surface area contributed by atoms with Gasteiger partial charge in [0.25, 0.3) is 0 Å². The first kappa shape index (κ1) is 15.0. The van der Waals surface area contributed by atoms with E-state index in [1.165, 1.54) is 5.56 Å². The lowest BCUT2D eigenvalue weighted by Gasteiger charge is -2.46. The summed E-state index contributed by atoms with van der Waals surface area (Å²) in [6, 6.07) is 10.3. The maximum atomic E-state index is 10.8. The van der Waals surface area contributed by atoms with Crippen LogP contribution in [-0.4, -0.2) is 17.6 Å². The Bertz CT molecular complexity index is 388. The summed E-state index contributed by atoms with van der Waals surface area (Å²) in [5.74, 6) is -0.131. The lowest BCUT2D eigenvalue weighted by molar-refractivity contribution is -0.142. The zero-order valence-electron chi connectivity index (χ0n) is 10.3. The molecule has 4 heteroatoms. The molecule has 1 aromatic rings. The number of carbonyl (C=O) groups is 1. The molecule has 0 atom stereocenters. The van der Waals surface area contributed by atoms with E-state index in [4.69, 9.17) is 10.8 Å². The summed E-state index contributed by atoms with van der Waals surface area (Å²) in [4.78, 5) is 10.8. The van der Waals surface area contributed by atoms with Crippen molar-refractivity contribution in [2.45, 2.75) is 25.7 Å². The number of aliphatic carboxylic acids is 1. The summed E-state index contributed by atoms with van der Waals surface area (Å²) in [6.07, 6.45) is 3.16. The van der Waals surface area contributed by atoms with E-state index in [-0.39, 0.29) is 24.2 Å². The molecule has 0 unspecified atom stereocenters. The quantitative estimate of drug-likeness (QED) is 0.863. The Morgan fingerprint density at radius 1 is 1.33 bits per heavy atom. The van der Waals surface area contributed by atoms with Gasteiger partial charge in [-0.05, 0) is 42.7 Å². The minimum atomic E-state index is -0.728. The van der Waals surface area contributed by atoms with Gasteiger partial charge in [0.15, 0.2) is 0 Å². The van der Waals surface area contributed by atoms with E-state index in [2.05, 4.69) is 12.1 Å². The van der Waals surface area contributed by atoms with Crippen molar-refractivity contribution >= 4 is 18.4 Å². The van der Waals surface area contributed by atoms with Crippen LogP contribution in [0.25, 0.3) is 0 Å². The molecule has 1 aliphatic rings. The van der Waals surface area contributed by atoms with E-state index < -0.39 is 5.97 Å². The lowest BCUT2D eigenvalue weighted by Crippen LogP contribution is -2.45. The third-order valence-corrected chi connectivity index (χ3v) is 3.77. The SMILES string of the molecule is Cl.NCC1(CC(=O)O)CC(Cc2ccccc2)C1. The molecule has 1 saturated carbocycles. The average Bonchev–Trinajstić information content (AvgIpc) is 2.26. The maximum absolute atomic E-state index is 10.8. The van der Waals surface area contributed by atoms with Gasteiger partial charge < -0.3 is 10.8 Å². The van der Waals surface area contributed by atoms with Crippen molar-refractivity contribution in [3.63, 3.8) is 0 Å². The van der Waals surface area contributed by atoms with Gasteiger partial charge in [0.05, 0.1) is 6.42 Å². The molecule has 0 radical (unpaired) electrons. The molecule has 100 valence electrons. The van der Waals surface area contributed by atoms with Gasteiger partial charge in [-0.2, -0.15) is 0 Å². The van der Waals surface area contributed by atoms with E-state index in [1.807, 2.05) is 18.2 Å². The van der Waals surface area contributed by atoms with Crippen LogP contribution in [0.15, 0.2) is 30.3 Å². The van der Waals surface area contributed by atoms with Crippen molar-refractivity contribution in [1.82, 2.24) is 0 Å². The van der Waals surface area contributed by atoms with Crippen molar-refractivity contribution in [2.75, 3.05) is 6.54 Å². The molecule has 0 heterocycles. The summed E-state index contributed by atoms with van der Waals surface area (Å²) in [6.45, 7) is 0.491. The molecule has 3 N–H and O–H groups in total. The standard InChI is InChI=1S/C14H19NO2.ClH/c15-10-14(9-13(16)17)7-12(8-14)6-11-4-2-1-3-5-11;/h1-5,12H,6-10,15H2,(H,16,17);1H. The number of hydrogen-bond acceptors (Lipinski definition) is 2. The van der Waals surface area contributed by atoms with Gasteiger partial charge in [0.1, 0.15) is 0 Å².